The molecule has 0 saturated heterocycles. The van der Waals surface area contributed by atoms with E-state index in [9.17, 15) is 0 Å². The second-order valence-corrected chi connectivity index (χ2v) is 4.12. The molecule has 94 valence electrons. The van der Waals surface area contributed by atoms with Gasteiger partial charge in [0.2, 0.25) is 0 Å². The van der Waals surface area contributed by atoms with E-state index in [1.54, 1.807) is 6.26 Å². The summed E-state index contributed by atoms with van der Waals surface area (Å²) in [6, 6.07) is 2.47. The molecule has 2 nitrogen and oxygen atoms in total. The largest absolute Gasteiger partial charge is 0.469 e. The predicted molar refractivity (Wildman–Crippen MR) is 71.8 cm³/mol. The summed E-state index contributed by atoms with van der Waals surface area (Å²) in [5.74, 6) is 7.19. The third-order valence-corrected chi connectivity index (χ3v) is 2.85. The van der Waals surface area contributed by atoms with Gasteiger partial charge >= 0.3 is 0 Å². The fraction of sp³-hybridized carbons (Fsp3) is 0.600. The molecule has 17 heavy (non-hydrogen) atoms. The Morgan fingerprint density at radius 3 is 2.88 bits per heavy atom. The highest BCUT2D eigenvalue weighted by Gasteiger charge is 2.15. The molecule has 0 aliphatic heterocycles. The molecule has 0 aliphatic carbocycles. The van der Waals surface area contributed by atoms with Crippen molar-refractivity contribution in [2.24, 2.45) is 0 Å². The molecule has 1 atom stereocenters. The van der Waals surface area contributed by atoms with Crippen molar-refractivity contribution in [3.63, 3.8) is 0 Å². The van der Waals surface area contributed by atoms with Gasteiger partial charge in [0.05, 0.1) is 6.26 Å². The molecule has 0 bridgehead atoms. The zero-order chi connectivity index (χ0) is 12.5. The van der Waals surface area contributed by atoms with Crippen LogP contribution in [0.1, 0.15) is 57.4 Å². The Kier molecular flexibility index (Phi) is 6.50. The van der Waals surface area contributed by atoms with E-state index in [-0.39, 0.29) is 0 Å². The lowest BCUT2D eigenvalue weighted by molar-refractivity contribution is 0.470. The van der Waals surface area contributed by atoms with Gasteiger partial charge in [0.25, 0.3) is 0 Å². The van der Waals surface area contributed by atoms with Crippen molar-refractivity contribution in [2.75, 3.05) is 6.54 Å². The number of nitrogens with one attached hydrogen (secondary N) is 1. The van der Waals surface area contributed by atoms with Gasteiger partial charge < -0.3 is 9.73 Å². The second-order valence-electron chi connectivity index (χ2n) is 4.12. The predicted octanol–water partition coefficient (Wildman–Crippen LogP) is 3.69. The lowest BCUT2D eigenvalue weighted by Crippen LogP contribution is -2.22. The van der Waals surface area contributed by atoms with Crippen LogP contribution in [0, 0.1) is 11.8 Å². The van der Waals surface area contributed by atoms with Gasteiger partial charge in [-0.15, -0.1) is 11.8 Å². The van der Waals surface area contributed by atoms with Gasteiger partial charge in [-0.2, -0.15) is 0 Å². The molecule has 1 N–H and O–H groups in total. The third kappa shape index (κ3) is 4.28. The summed E-state index contributed by atoms with van der Waals surface area (Å²) in [5, 5.41) is 3.58. The number of hydrogen-bond donors (Lipinski definition) is 1. The molecule has 1 heterocycles. The molecule has 0 spiro atoms. The molecule has 1 aromatic heterocycles. The zero-order valence-electron chi connectivity index (χ0n) is 11.2. The first-order chi connectivity index (χ1) is 8.33. The van der Waals surface area contributed by atoms with Crippen molar-refractivity contribution in [3.05, 3.63) is 23.7 Å². The van der Waals surface area contributed by atoms with Gasteiger partial charge in [0.1, 0.15) is 5.76 Å². The summed E-state index contributed by atoms with van der Waals surface area (Å²) in [6.07, 6.45) is 5.88. The highest BCUT2D eigenvalue weighted by atomic mass is 16.3. The highest BCUT2D eigenvalue weighted by Crippen LogP contribution is 2.23. The van der Waals surface area contributed by atoms with Crippen molar-refractivity contribution >= 4 is 0 Å². The van der Waals surface area contributed by atoms with Gasteiger partial charge in [-0.05, 0) is 32.4 Å². The minimum Gasteiger partial charge on any atom is -0.469 e. The van der Waals surface area contributed by atoms with Crippen LogP contribution in [-0.2, 0) is 6.42 Å². The quantitative estimate of drug-likeness (QED) is 0.727. The Bertz CT molecular complexity index is 370. The van der Waals surface area contributed by atoms with Gasteiger partial charge in [0.15, 0.2) is 0 Å². The number of furan rings is 1. The molecule has 1 aromatic rings. The Labute approximate surface area is 105 Å². The summed E-state index contributed by atoms with van der Waals surface area (Å²) >= 11 is 0. The van der Waals surface area contributed by atoms with E-state index in [0.29, 0.717) is 6.04 Å². The van der Waals surface area contributed by atoms with Crippen LogP contribution in [0.2, 0.25) is 0 Å². The zero-order valence-corrected chi connectivity index (χ0v) is 11.2. The van der Waals surface area contributed by atoms with Crippen LogP contribution in [0.5, 0.6) is 0 Å². The van der Waals surface area contributed by atoms with Gasteiger partial charge in [-0.3, -0.25) is 0 Å². The Balaban J connectivity index is 2.69. The summed E-state index contributed by atoms with van der Waals surface area (Å²) in [5.41, 5.74) is 1.30. The van der Waals surface area contributed by atoms with Crippen LogP contribution < -0.4 is 5.32 Å². The topological polar surface area (TPSA) is 25.2 Å². The van der Waals surface area contributed by atoms with Gasteiger partial charge in [-0.25, -0.2) is 0 Å². The number of rotatable bonds is 7. The van der Waals surface area contributed by atoms with Crippen LogP contribution in [0.25, 0.3) is 0 Å². The van der Waals surface area contributed by atoms with Crippen molar-refractivity contribution in [1.82, 2.24) is 5.32 Å². The lowest BCUT2D eigenvalue weighted by atomic mass is 10.0. The smallest absolute Gasteiger partial charge is 0.108 e. The van der Waals surface area contributed by atoms with Crippen molar-refractivity contribution in [3.8, 4) is 11.8 Å². The first-order valence-corrected chi connectivity index (χ1v) is 6.52. The van der Waals surface area contributed by atoms with E-state index in [1.807, 2.05) is 6.92 Å². The minimum atomic E-state index is 0.379. The van der Waals surface area contributed by atoms with E-state index >= 15 is 0 Å². The molecular weight excluding hydrogens is 210 g/mol. The standard InChI is InChI=1S/C15H23NO/c1-4-7-8-9-14(16-11-5-2)13-10-12-17-15(13)6-3/h10,12,14,16H,5-6,8-9,11H2,1-3H3. The van der Waals surface area contributed by atoms with E-state index in [4.69, 9.17) is 4.42 Å². The van der Waals surface area contributed by atoms with Crippen LogP contribution in [0.4, 0.5) is 0 Å². The van der Waals surface area contributed by atoms with Crippen molar-refractivity contribution < 1.29 is 4.42 Å². The molecular formula is C15H23NO. The summed E-state index contributed by atoms with van der Waals surface area (Å²) < 4.78 is 5.51. The maximum Gasteiger partial charge on any atom is 0.108 e. The molecule has 0 radical (unpaired) electrons. The average molecular weight is 233 g/mol. The Morgan fingerprint density at radius 2 is 2.24 bits per heavy atom. The third-order valence-electron chi connectivity index (χ3n) is 2.85. The molecule has 1 unspecified atom stereocenters. The normalized spacial score (nSPS) is 11.9. The van der Waals surface area contributed by atoms with E-state index in [1.165, 1.54) is 5.56 Å². The SMILES string of the molecule is CC#CCCC(NCCC)c1ccoc1CC. The summed E-state index contributed by atoms with van der Waals surface area (Å²) in [6.45, 7) is 7.25. The fourth-order valence-corrected chi connectivity index (χ4v) is 1.98. The Hall–Kier alpha value is -1.20. The monoisotopic (exact) mass is 233 g/mol. The van der Waals surface area contributed by atoms with Crippen LogP contribution in [0.3, 0.4) is 0 Å². The van der Waals surface area contributed by atoms with Crippen molar-refractivity contribution in [2.45, 2.75) is 52.5 Å². The molecule has 0 aromatic carbocycles. The first-order valence-electron chi connectivity index (χ1n) is 6.52. The maximum atomic E-state index is 5.51. The van der Waals surface area contributed by atoms with E-state index < -0.39 is 0 Å². The fourth-order valence-electron chi connectivity index (χ4n) is 1.98. The molecule has 2 heteroatoms. The second kappa shape index (κ2) is 7.97. The maximum absolute atomic E-state index is 5.51. The lowest BCUT2D eigenvalue weighted by Gasteiger charge is -2.17. The van der Waals surface area contributed by atoms with E-state index in [0.717, 1.165) is 38.0 Å². The van der Waals surface area contributed by atoms with Crippen LogP contribution >= 0.6 is 0 Å². The molecule has 0 aliphatic rings. The van der Waals surface area contributed by atoms with Gasteiger partial charge in [-0.1, -0.05) is 13.8 Å². The molecule has 0 saturated carbocycles. The summed E-state index contributed by atoms with van der Waals surface area (Å²) in [4.78, 5) is 0. The van der Waals surface area contributed by atoms with E-state index in [2.05, 4.69) is 37.1 Å². The molecule has 0 fully saturated rings. The van der Waals surface area contributed by atoms with Crippen molar-refractivity contribution in [1.29, 1.82) is 0 Å². The number of aryl methyl sites for hydroxylation is 1. The van der Waals surface area contributed by atoms with Gasteiger partial charge in [0, 0.05) is 24.4 Å². The van der Waals surface area contributed by atoms with Crippen LogP contribution in [-0.4, -0.2) is 6.54 Å². The van der Waals surface area contributed by atoms with Crippen LogP contribution in [0.15, 0.2) is 16.7 Å². The molecule has 0 amide bonds. The Morgan fingerprint density at radius 1 is 1.41 bits per heavy atom. The number of hydrogen-bond acceptors (Lipinski definition) is 2. The highest BCUT2D eigenvalue weighted by molar-refractivity contribution is 5.21. The molecule has 1 rings (SSSR count). The first kappa shape index (κ1) is 13.9. The summed E-state index contributed by atoms with van der Waals surface area (Å²) in [7, 11) is 0. The minimum absolute atomic E-state index is 0.379. The average Bonchev–Trinajstić information content (AvgIpc) is 2.81.